The second-order valence-electron chi connectivity index (χ2n) is 6.27. The van der Waals surface area contributed by atoms with Crippen molar-refractivity contribution in [3.8, 4) is 0 Å². The lowest BCUT2D eigenvalue weighted by molar-refractivity contribution is 0.599. The fourth-order valence-corrected chi connectivity index (χ4v) is 4.93. The van der Waals surface area contributed by atoms with Crippen molar-refractivity contribution in [1.29, 1.82) is 0 Å². The highest BCUT2D eigenvalue weighted by Crippen LogP contribution is 2.21. The number of guanidine groups is 1. The van der Waals surface area contributed by atoms with E-state index >= 15 is 0 Å². The average Bonchev–Trinajstić information content (AvgIpc) is 3.05. The Morgan fingerprint density at radius 3 is 2.88 bits per heavy atom. The molecule has 1 aromatic heterocycles. The van der Waals surface area contributed by atoms with E-state index < -0.39 is 9.84 Å². The maximum absolute atomic E-state index is 11.5. The maximum atomic E-state index is 11.5. The molecule has 2 aromatic rings. The molecule has 2 heterocycles. The summed E-state index contributed by atoms with van der Waals surface area (Å²) in [5, 5.41) is 7.74. The highest BCUT2D eigenvalue weighted by molar-refractivity contribution is 7.91. The van der Waals surface area contributed by atoms with Gasteiger partial charge in [0.2, 0.25) is 0 Å². The summed E-state index contributed by atoms with van der Waals surface area (Å²) >= 11 is 0. The molecule has 1 aliphatic heterocycles. The number of rotatable bonds is 4. The van der Waals surface area contributed by atoms with Crippen molar-refractivity contribution < 1.29 is 8.42 Å². The lowest BCUT2D eigenvalue weighted by Crippen LogP contribution is -2.44. The molecule has 1 aromatic carbocycles. The van der Waals surface area contributed by atoms with Crippen LogP contribution in [0.2, 0.25) is 0 Å². The summed E-state index contributed by atoms with van der Waals surface area (Å²) in [7, 11) is -1.18. The summed E-state index contributed by atoms with van der Waals surface area (Å²) < 4.78 is 23.1. The third kappa shape index (κ3) is 3.72. The normalized spacial score (nSPS) is 20.4. The Bertz CT molecular complexity index is 855. The van der Waals surface area contributed by atoms with Gasteiger partial charge in [0.05, 0.1) is 11.5 Å². The predicted molar refractivity (Wildman–Crippen MR) is 98.3 cm³/mol. The number of para-hydroxylation sites is 1. The van der Waals surface area contributed by atoms with Crippen LogP contribution in [0.1, 0.15) is 17.7 Å². The highest BCUT2D eigenvalue weighted by Gasteiger charge is 2.28. The molecule has 130 valence electrons. The number of aryl methyl sites for hydroxylation is 1. The minimum atomic E-state index is -2.88. The SMILES string of the molecule is CN=C(NCCc1c(C)[nH]c2ccccc12)NC1CCS(=O)(=O)C1. The van der Waals surface area contributed by atoms with Gasteiger partial charge in [-0.1, -0.05) is 18.2 Å². The van der Waals surface area contributed by atoms with Crippen molar-refractivity contribution in [3.63, 3.8) is 0 Å². The molecule has 0 aliphatic carbocycles. The molecular formula is C17H24N4O2S. The van der Waals surface area contributed by atoms with Crippen LogP contribution in [0.3, 0.4) is 0 Å². The Morgan fingerprint density at radius 2 is 2.17 bits per heavy atom. The van der Waals surface area contributed by atoms with E-state index in [1.807, 2.05) is 12.1 Å². The molecule has 0 spiro atoms. The summed E-state index contributed by atoms with van der Waals surface area (Å²) in [5.74, 6) is 1.11. The number of sulfone groups is 1. The van der Waals surface area contributed by atoms with Gasteiger partial charge < -0.3 is 15.6 Å². The number of nitrogens with zero attached hydrogens (tertiary/aromatic N) is 1. The summed E-state index contributed by atoms with van der Waals surface area (Å²) in [6, 6.07) is 8.25. The molecule has 3 N–H and O–H groups in total. The molecule has 7 heteroatoms. The van der Waals surface area contributed by atoms with Crippen molar-refractivity contribution in [2.45, 2.75) is 25.8 Å². The standard InChI is InChI=1S/C17H24N4O2S/c1-12-14(15-5-3-4-6-16(15)20-12)7-9-19-17(18-2)21-13-8-10-24(22,23)11-13/h3-6,13,20H,7-11H2,1-2H3,(H2,18,19,21). The van der Waals surface area contributed by atoms with E-state index in [2.05, 4.69) is 39.7 Å². The van der Waals surface area contributed by atoms with Crippen molar-refractivity contribution in [2.24, 2.45) is 4.99 Å². The zero-order valence-corrected chi connectivity index (χ0v) is 14.9. The number of hydrogen-bond donors (Lipinski definition) is 3. The van der Waals surface area contributed by atoms with Crippen LogP contribution in [0.5, 0.6) is 0 Å². The molecule has 0 amide bonds. The molecule has 1 aliphatic rings. The first-order valence-electron chi connectivity index (χ1n) is 8.22. The van der Waals surface area contributed by atoms with Crippen LogP contribution in [0.4, 0.5) is 0 Å². The van der Waals surface area contributed by atoms with Crippen molar-refractivity contribution in [1.82, 2.24) is 15.6 Å². The molecule has 6 nitrogen and oxygen atoms in total. The molecule has 1 unspecified atom stereocenters. The molecule has 3 rings (SSSR count). The summed E-state index contributed by atoms with van der Waals surface area (Å²) in [5.41, 5.74) is 3.64. The fraction of sp³-hybridized carbons (Fsp3) is 0.471. The van der Waals surface area contributed by atoms with E-state index in [0.717, 1.165) is 18.5 Å². The van der Waals surface area contributed by atoms with Gasteiger partial charge in [0.25, 0.3) is 0 Å². The number of aromatic nitrogens is 1. The summed E-state index contributed by atoms with van der Waals surface area (Å²) in [6.07, 6.45) is 1.52. The minimum absolute atomic E-state index is 0.0453. The molecule has 1 saturated heterocycles. The zero-order valence-electron chi connectivity index (χ0n) is 14.1. The smallest absolute Gasteiger partial charge is 0.191 e. The first-order valence-corrected chi connectivity index (χ1v) is 10.0. The van der Waals surface area contributed by atoms with Gasteiger partial charge in [-0.25, -0.2) is 8.42 Å². The van der Waals surface area contributed by atoms with Crippen LogP contribution in [-0.2, 0) is 16.3 Å². The molecule has 24 heavy (non-hydrogen) atoms. The molecule has 0 saturated carbocycles. The second-order valence-corrected chi connectivity index (χ2v) is 8.50. The predicted octanol–water partition coefficient (Wildman–Crippen LogP) is 1.37. The minimum Gasteiger partial charge on any atom is -0.358 e. The number of nitrogens with one attached hydrogen (secondary N) is 3. The number of aromatic amines is 1. The zero-order chi connectivity index (χ0) is 17.2. The van der Waals surface area contributed by atoms with Gasteiger partial charge in [0, 0.05) is 36.2 Å². The Labute approximate surface area is 142 Å². The third-order valence-corrected chi connectivity index (χ3v) is 6.26. The summed E-state index contributed by atoms with van der Waals surface area (Å²) in [4.78, 5) is 7.60. The van der Waals surface area contributed by atoms with Crippen LogP contribution in [0, 0.1) is 6.92 Å². The van der Waals surface area contributed by atoms with Crippen LogP contribution < -0.4 is 10.6 Å². The van der Waals surface area contributed by atoms with Gasteiger partial charge in [-0.05, 0) is 31.4 Å². The van der Waals surface area contributed by atoms with E-state index in [-0.39, 0.29) is 17.5 Å². The highest BCUT2D eigenvalue weighted by atomic mass is 32.2. The lowest BCUT2D eigenvalue weighted by atomic mass is 10.1. The van der Waals surface area contributed by atoms with Crippen molar-refractivity contribution in [2.75, 3.05) is 25.1 Å². The Morgan fingerprint density at radius 1 is 1.38 bits per heavy atom. The third-order valence-electron chi connectivity index (χ3n) is 4.49. The molecule has 0 bridgehead atoms. The van der Waals surface area contributed by atoms with Gasteiger partial charge in [-0.2, -0.15) is 0 Å². The quantitative estimate of drug-likeness (QED) is 0.575. The Balaban J connectivity index is 1.57. The van der Waals surface area contributed by atoms with Crippen molar-refractivity contribution >= 4 is 26.7 Å². The van der Waals surface area contributed by atoms with Gasteiger partial charge in [0.15, 0.2) is 15.8 Å². The van der Waals surface area contributed by atoms with E-state index in [9.17, 15) is 8.42 Å². The number of H-pyrrole nitrogens is 1. The monoisotopic (exact) mass is 348 g/mol. The van der Waals surface area contributed by atoms with E-state index in [1.165, 1.54) is 16.6 Å². The average molecular weight is 348 g/mol. The van der Waals surface area contributed by atoms with E-state index in [4.69, 9.17) is 0 Å². The van der Waals surface area contributed by atoms with Gasteiger partial charge in [-0.15, -0.1) is 0 Å². The largest absolute Gasteiger partial charge is 0.358 e. The molecule has 1 atom stereocenters. The number of aliphatic imine (C=N–C) groups is 1. The number of hydrogen-bond acceptors (Lipinski definition) is 3. The van der Waals surface area contributed by atoms with Gasteiger partial charge in [-0.3, -0.25) is 4.99 Å². The number of benzene rings is 1. The van der Waals surface area contributed by atoms with Crippen LogP contribution >= 0.6 is 0 Å². The first-order chi connectivity index (χ1) is 11.5. The second kappa shape index (κ2) is 6.84. The summed E-state index contributed by atoms with van der Waals surface area (Å²) in [6.45, 7) is 2.83. The topological polar surface area (TPSA) is 86.3 Å². The van der Waals surface area contributed by atoms with E-state index in [1.54, 1.807) is 7.05 Å². The molecule has 0 radical (unpaired) electrons. The van der Waals surface area contributed by atoms with Gasteiger partial charge in [0.1, 0.15) is 0 Å². The number of fused-ring (bicyclic) bond motifs is 1. The first kappa shape index (κ1) is 16.8. The molecular weight excluding hydrogens is 324 g/mol. The van der Waals surface area contributed by atoms with Crippen molar-refractivity contribution in [3.05, 3.63) is 35.5 Å². The van der Waals surface area contributed by atoms with Gasteiger partial charge >= 0.3 is 0 Å². The Hall–Kier alpha value is -2.02. The molecule has 1 fully saturated rings. The maximum Gasteiger partial charge on any atom is 0.191 e. The van der Waals surface area contributed by atoms with Crippen LogP contribution in [0.15, 0.2) is 29.3 Å². The van der Waals surface area contributed by atoms with Crippen LogP contribution in [0.25, 0.3) is 10.9 Å². The van der Waals surface area contributed by atoms with Crippen LogP contribution in [-0.4, -0.2) is 50.5 Å². The Kier molecular flexibility index (Phi) is 4.80. The fourth-order valence-electron chi connectivity index (χ4n) is 3.26. The lowest BCUT2D eigenvalue weighted by Gasteiger charge is -2.16. The van der Waals surface area contributed by atoms with E-state index in [0.29, 0.717) is 12.4 Å².